The number of aliphatic hydroxyl groups is 3. The van der Waals surface area contributed by atoms with Crippen molar-refractivity contribution in [2.75, 3.05) is 6.61 Å². The summed E-state index contributed by atoms with van der Waals surface area (Å²) in [4.78, 5) is 12.5. The van der Waals surface area contributed by atoms with E-state index in [0.717, 1.165) is 0 Å². The van der Waals surface area contributed by atoms with Crippen LogP contribution in [0.3, 0.4) is 0 Å². The maximum absolute atomic E-state index is 12.5. The van der Waals surface area contributed by atoms with Gasteiger partial charge in [-0.15, -0.1) is 0 Å². The van der Waals surface area contributed by atoms with Gasteiger partial charge in [0.25, 0.3) is 0 Å². The average Bonchev–Trinajstić information content (AvgIpc) is 3.24. The van der Waals surface area contributed by atoms with Crippen LogP contribution in [0.2, 0.25) is 0 Å². The summed E-state index contributed by atoms with van der Waals surface area (Å²) >= 11 is 0. The Kier molecular flexibility index (Phi) is 3.53. The van der Waals surface area contributed by atoms with E-state index in [2.05, 4.69) is 6.58 Å². The molecule has 0 unspecified atom stereocenters. The fourth-order valence-corrected chi connectivity index (χ4v) is 5.84. The van der Waals surface area contributed by atoms with E-state index in [1.807, 2.05) is 0 Å². The van der Waals surface area contributed by atoms with Crippen molar-refractivity contribution in [3.63, 3.8) is 0 Å². The van der Waals surface area contributed by atoms with E-state index in [1.165, 1.54) is 12.5 Å². The number of rotatable bonds is 3. The molecule has 27 heavy (non-hydrogen) atoms. The lowest BCUT2D eigenvalue weighted by atomic mass is 9.45. The Morgan fingerprint density at radius 1 is 1.37 bits per heavy atom. The molecule has 1 aromatic heterocycles. The van der Waals surface area contributed by atoms with Crippen molar-refractivity contribution in [3.05, 3.63) is 48.0 Å². The molecule has 1 spiro atoms. The molecular weight excluding hydrogens is 352 g/mol. The van der Waals surface area contributed by atoms with Crippen LogP contribution in [0.5, 0.6) is 0 Å². The third-order valence-electron chi connectivity index (χ3n) is 7.09. The van der Waals surface area contributed by atoms with Crippen molar-refractivity contribution in [1.82, 2.24) is 0 Å². The fourth-order valence-electron chi connectivity index (χ4n) is 5.84. The van der Waals surface area contributed by atoms with Crippen LogP contribution in [0.15, 0.2) is 46.8 Å². The first kappa shape index (κ1) is 17.2. The molecule has 2 aliphatic carbocycles. The average molecular weight is 374 g/mol. The normalized spacial score (nSPS) is 43.7. The maximum atomic E-state index is 12.5. The Bertz CT molecular complexity index is 827. The van der Waals surface area contributed by atoms with Crippen LogP contribution in [-0.2, 0) is 14.3 Å². The monoisotopic (exact) mass is 374 g/mol. The number of hydrogen-bond acceptors (Lipinski definition) is 7. The molecule has 4 aliphatic rings. The summed E-state index contributed by atoms with van der Waals surface area (Å²) in [7, 11) is 0. The molecule has 3 heterocycles. The van der Waals surface area contributed by atoms with Gasteiger partial charge in [0.15, 0.2) is 6.29 Å². The Morgan fingerprint density at radius 2 is 2.19 bits per heavy atom. The van der Waals surface area contributed by atoms with Gasteiger partial charge < -0.3 is 29.2 Å². The number of carbonyl (C=O) groups excluding carboxylic acids is 1. The number of furan rings is 1. The third kappa shape index (κ3) is 2.03. The SMILES string of the molecule is C=C1C[C@H]2OC(=O)C3=C[C@@H](O)C[C@@H]4[C@@]1(C[C@@H](O)c1ccoc1)[C@@H](O)OC[C@]342. The molecule has 2 aliphatic heterocycles. The van der Waals surface area contributed by atoms with Crippen LogP contribution in [0.4, 0.5) is 0 Å². The predicted octanol–water partition coefficient (Wildman–Crippen LogP) is 1.22. The zero-order valence-corrected chi connectivity index (χ0v) is 14.7. The fraction of sp³-hybridized carbons (Fsp3) is 0.550. The summed E-state index contributed by atoms with van der Waals surface area (Å²) in [6, 6.07) is 1.67. The molecule has 2 bridgehead atoms. The topological polar surface area (TPSA) is 109 Å². The molecule has 2 saturated heterocycles. The van der Waals surface area contributed by atoms with Crippen molar-refractivity contribution < 1.29 is 34.0 Å². The first-order valence-electron chi connectivity index (χ1n) is 9.19. The molecule has 144 valence electrons. The molecule has 7 nitrogen and oxygen atoms in total. The van der Waals surface area contributed by atoms with Gasteiger partial charge in [-0.3, -0.25) is 0 Å². The van der Waals surface area contributed by atoms with Gasteiger partial charge in [-0.2, -0.15) is 0 Å². The number of hydrogen-bond donors (Lipinski definition) is 3. The van der Waals surface area contributed by atoms with Gasteiger partial charge in [0, 0.05) is 23.0 Å². The molecular formula is C20H22O7. The second-order valence-electron chi connectivity index (χ2n) is 8.16. The second kappa shape index (κ2) is 5.54. The van der Waals surface area contributed by atoms with E-state index >= 15 is 0 Å². The summed E-state index contributed by atoms with van der Waals surface area (Å²) in [5.74, 6) is -0.772. The summed E-state index contributed by atoms with van der Waals surface area (Å²) in [6.45, 7) is 4.32. The minimum absolute atomic E-state index is 0.143. The lowest BCUT2D eigenvalue weighted by Gasteiger charge is -2.62. The van der Waals surface area contributed by atoms with Crippen LogP contribution in [0.1, 0.15) is 30.9 Å². The van der Waals surface area contributed by atoms with Gasteiger partial charge in [0.1, 0.15) is 6.10 Å². The highest BCUT2D eigenvalue weighted by atomic mass is 16.6. The summed E-state index contributed by atoms with van der Waals surface area (Å²) in [5, 5.41) is 32.2. The molecule has 1 aromatic rings. The number of ether oxygens (including phenoxy) is 2. The first-order chi connectivity index (χ1) is 12.9. The molecule has 1 saturated carbocycles. The first-order valence-corrected chi connectivity index (χ1v) is 9.19. The third-order valence-corrected chi connectivity index (χ3v) is 7.09. The summed E-state index contributed by atoms with van der Waals surface area (Å²) in [5.41, 5.74) is -0.0342. The standard InChI is InChI=1S/C20H22O7/c1-10-4-16-20-9-26-18(24)19(10,7-14(22)11-2-3-25-8-11)15(20)6-12(21)5-13(20)17(23)27-16/h2-3,5,8,12,14-16,18,21-22,24H,1,4,6-7,9H2/t12-,14-,15-,16-,18+,19+,20+/m1/s1. The van der Waals surface area contributed by atoms with Crippen LogP contribution < -0.4 is 0 Å². The maximum Gasteiger partial charge on any atom is 0.334 e. The number of aliphatic hydroxyl groups excluding tert-OH is 3. The summed E-state index contributed by atoms with van der Waals surface area (Å²) in [6.07, 6.45) is 2.05. The minimum atomic E-state index is -1.19. The van der Waals surface area contributed by atoms with E-state index in [0.29, 0.717) is 29.6 Å². The van der Waals surface area contributed by atoms with E-state index < -0.39 is 41.4 Å². The van der Waals surface area contributed by atoms with E-state index in [9.17, 15) is 20.1 Å². The van der Waals surface area contributed by atoms with E-state index in [4.69, 9.17) is 13.9 Å². The number of esters is 1. The Morgan fingerprint density at radius 3 is 2.93 bits per heavy atom. The molecule has 0 aromatic carbocycles. The second-order valence-corrected chi connectivity index (χ2v) is 8.16. The van der Waals surface area contributed by atoms with Crippen molar-refractivity contribution in [3.8, 4) is 0 Å². The smallest absolute Gasteiger partial charge is 0.334 e. The van der Waals surface area contributed by atoms with Gasteiger partial charge >= 0.3 is 5.97 Å². The van der Waals surface area contributed by atoms with Gasteiger partial charge in [0.05, 0.1) is 36.8 Å². The van der Waals surface area contributed by atoms with Crippen LogP contribution in [-0.4, -0.2) is 46.4 Å². The van der Waals surface area contributed by atoms with Crippen molar-refractivity contribution in [1.29, 1.82) is 0 Å². The molecule has 7 heteroatoms. The van der Waals surface area contributed by atoms with Crippen LogP contribution >= 0.6 is 0 Å². The molecule has 0 radical (unpaired) electrons. The van der Waals surface area contributed by atoms with Crippen LogP contribution in [0.25, 0.3) is 0 Å². The van der Waals surface area contributed by atoms with Crippen molar-refractivity contribution in [2.24, 2.45) is 16.7 Å². The highest BCUT2D eigenvalue weighted by molar-refractivity contribution is 5.93. The Labute approximate surface area is 155 Å². The molecule has 7 atom stereocenters. The molecule has 3 fully saturated rings. The lowest BCUT2D eigenvalue weighted by Crippen LogP contribution is -2.66. The highest BCUT2D eigenvalue weighted by Crippen LogP contribution is 2.68. The van der Waals surface area contributed by atoms with E-state index in [1.54, 1.807) is 12.1 Å². The molecule has 5 rings (SSSR count). The van der Waals surface area contributed by atoms with Gasteiger partial charge in [-0.25, -0.2) is 4.79 Å². The van der Waals surface area contributed by atoms with Crippen LogP contribution in [0, 0.1) is 16.7 Å². The van der Waals surface area contributed by atoms with E-state index in [-0.39, 0.29) is 18.9 Å². The summed E-state index contributed by atoms with van der Waals surface area (Å²) < 4.78 is 16.5. The predicted molar refractivity (Wildman–Crippen MR) is 90.9 cm³/mol. The Hall–Kier alpha value is -1.93. The largest absolute Gasteiger partial charge is 0.472 e. The van der Waals surface area contributed by atoms with Gasteiger partial charge in [-0.05, 0) is 30.9 Å². The van der Waals surface area contributed by atoms with Gasteiger partial charge in [-0.1, -0.05) is 12.2 Å². The number of carbonyl (C=O) groups is 1. The highest BCUT2D eigenvalue weighted by Gasteiger charge is 2.72. The van der Waals surface area contributed by atoms with Crippen molar-refractivity contribution >= 4 is 5.97 Å². The lowest BCUT2D eigenvalue weighted by molar-refractivity contribution is -0.284. The van der Waals surface area contributed by atoms with Gasteiger partial charge in [0.2, 0.25) is 0 Å². The molecule has 0 amide bonds. The molecule has 3 N–H and O–H groups in total. The Balaban J connectivity index is 1.64. The zero-order chi connectivity index (χ0) is 19.0. The van der Waals surface area contributed by atoms with Crippen molar-refractivity contribution in [2.45, 2.75) is 43.9 Å². The minimum Gasteiger partial charge on any atom is -0.472 e. The zero-order valence-electron chi connectivity index (χ0n) is 14.7. The quantitative estimate of drug-likeness (QED) is 0.539.